The van der Waals surface area contributed by atoms with Gasteiger partial charge in [0.15, 0.2) is 0 Å². The van der Waals surface area contributed by atoms with Gasteiger partial charge >= 0.3 is 0 Å². The standard InChI is InChI=1S/C26H27N7O4/c27-24(28)16-8-10-19(11-9-16)31-26(34)23-13-21(37-20-6-3-5-17(12-20)25(29)30)15-32(23)14-18-4-1-2-7-22(18)33(35)36/h1-12,21,23H,13-15H2,(H3,27,28)(H3,29,30)(H,31,34). The second kappa shape index (κ2) is 10.9. The molecule has 1 aliphatic rings. The molecule has 0 aliphatic carbocycles. The van der Waals surface area contributed by atoms with Crippen LogP contribution in [0.4, 0.5) is 11.4 Å². The van der Waals surface area contributed by atoms with Crippen LogP contribution in [-0.4, -0.2) is 46.1 Å². The molecule has 1 aliphatic heterocycles. The first-order valence-electron chi connectivity index (χ1n) is 11.5. The second-order valence-corrected chi connectivity index (χ2v) is 8.73. The van der Waals surface area contributed by atoms with E-state index >= 15 is 0 Å². The first-order valence-corrected chi connectivity index (χ1v) is 11.5. The zero-order chi connectivity index (χ0) is 26.5. The van der Waals surface area contributed by atoms with Crippen LogP contribution in [0.2, 0.25) is 0 Å². The number of amidine groups is 2. The van der Waals surface area contributed by atoms with Crippen molar-refractivity contribution in [2.75, 3.05) is 11.9 Å². The molecule has 11 heteroatoms. The maximum absolute atomic E-state index is 13.3. The van der Waals surface area contributed by atoms with E-state index in [1.165, 1.54) is 6.07 Å². The monoisotopic (exact) mass is 501 g/mol. The largest absolute Gasteiger partial charge is 0.489 e. The summed E-state index contributed by atoms with van der Waals surface area (Å²) in [7, 11) is 0. The molecule has 1 amide bonds. The van der Waals surface area contributed by atoms with Gasteiger partial charge in [0, 0.05) is 48.0 Å². The van der Waals surface area contributed by atoms with Crippen molar-refractivity contribution in [3.05, 3.63) is 99.6 Å². The maximum atomic E-state index is 13.3. The number of anilines is 1. The van der Waals surface area contributed by atoms with E-state index in [4.69, 9.17) is 27.0 Å². The Labute approximate surface area is 213 Å². The van der Waals surface area contributed by atoms with Crippen LogP contribution in [0.1, 0.15) is 23.1 Å². The summed E-state index contributed by atoms with van der Waals surface area (Å²) in [4.78, 5) is 26.3. The van der Waals surface area contributed by atoms with Gasteiger partial charge in [-0.1, -0.05) is 30.3 Å². The summed E-state index contributed by atoms with van der Waals surface area (Å²) < 4.78 is 6.14. The van der Waals surface area contributed by atoms with Gasteiger partial charge < -0.3 is 21.5 Å². The number of nitrogens with two attached hydrogens (primary N) is 2. The molecule has 7 N–H and O–H groups in total. The Bertz CT molecular complexity index is 1340. The molecule has 3 aromatic rings. The van der Waals surface area contributed by atoms with Gasteiger partial charge in [-0.3, -0.25) is 30.6 Å². The zero-order valence-corrected chi connectivity index (χ0v) is 19.9. The van der Waals surface area contributed by atoms with Crippen LogP contribution in [-0.2, 0) is 11.3 Å². The number of para-hydroxylation sites is 1. The Morgan fingerprint density at radius 2 is 1.73 bits per heavy atom. The number of hydrogen-bond acceptors (Lipinski definition) is 7. The molecule has 1 heterocycles. The number of likely N-dealkylation sites (tertiary alicyclic amines) is 1. The van der Waals surface area contributed by atoms with Gasteiger partial charge in [0.25, 0.3) is 5.69 Å². The van der Waals surface area contributed by atoms with Crippen LogP contribution in [0.15, 0.2) is 72.8 Å². The van der Waals surface area contributed by atoms with E-state index < -0.39 is 11.0 Å². The number of nitrogen functional groups attached to an aromatic ring is 2. The van der Waals surface area contributed by atoms with Gasteiger partial charge in [-0.15, -0.1) is 0 Å². The number of nitro benzene ring substituents is 1. The fourth-order valence-electron chi connectivity index (χ4n) is 4.32. The first-order chi connectivity index (χ1) is 17.7. The van der Waals surface area contributed by atoms with Gasteiger partial charge in [0.1, 0.15) is 23.5 Å². The van der Waals surface area contributed by atoms with Crippen LogP contribution in [0.5, 0.6) is 5.75 Å². The molecule has 4 rings (SSSR count). The molecular formula is C26H27N7O4. The summed E-state index contributed by atoms with van der Waals surface area (Å²) in [6, 6.07) is 19.3. The van der Waals surface area contributed by atoms with E-state index in [0.29, 0.717) is 41.1 Å². The molecule has 2 unspecified atom stereocenters. The minimum Gasteiger partial charge on any atom is -0.489 e. The van der Waals surface area contributed by atoms with Crippen LogP contribution in [0.3, 0.4) is 0 Å². The number of nitro groups is 1. The Morgan fingerprint density at radius 3 is 2.41 bits per heavy atom. The maximum Gasteiger partial charge on any atom is 0.273 e. The van der Waals surface area contributed by atoms with Crippen molar-refractivity contribution >= 4 is 29.0 Å². The third-order valence-electron chi connectivity index (χ3n) is 6.14. The molecule has 2 atom stereocenters. The lowest BCUT2D eigenvalue weighted by Gasteiger charge is -2.23. The molecular weight excluding hydrogens is 474 g/mol. The Kier molecular flexibility index (Phi) is 7.44. The number of nitrogens with zero attached hydrogens (tertiary/aromatic N) is 2. The van der Waals surface area contributed by atoms with Crippen LogP contribution < -0.4 is 21.5 Å². The third kappa shape index (κ3) is 6.08. The number of rotatable bonds is 9. The summed E-state index contributed by atoms with van der Waals surface area (Å²) >= 11 is 0. The van der Waals surface area contributed by atoms with E-state index in [1.807, 2.05) is 4.90 Å². The Morgan fingerprint density at radius 1 is 1.03 bits per heavy atom. The van der Waals surface area contributed by atoms with Crippen molar-refractivity contribution in [2.24, 2.45) is 11.5 Å². The minimum absolute atomic E-state index is 0.0139. The molecule has 0 saturated carbocycles. The highest BCUT2D eigenvalue weighted by molar-refractivity contribution is 5.97. The van der Waals surface area contributed by atoms with Crippen molar-refractivity contribution < 1.29 is 14.5 Å². The summed E-state index contributed by atoms with van der Waals surface area (Å²) in [6.45, 7) is 0.545. The van der Waals surface area contributed by atoms with Crippen LogP contribution in [0.25, 0.3) is 0 Å². The molecule has 0 radical (unpaired) electrons. The summed E-state index contributed by atoms with van der Waals surface area (Å²) in [6.07, 6.45) is -0.0247. The molecule has 37 heavy (non-hydrogen) atoms. The molecule has 1 saturated heterocycles. The van der Waals surface area contributed by atoms with Crippen LogP contribution >= 0.6 is 0 Å². The van der Waals surface area contributed by atoms with E-state index in [9.17, 15) is 14.9 Å². The summed E-state index contributed by atoms with van der Waals surface area (Å²) in [5.41, 5.74) is 13.2. The van der Waals surface area contributed by atoms with Crippen molar-refractivity contribution in [2.45, 2.75) is 25.1 Å². The fraction of sp³-hybridized carbons (Fsp3) is 0.192. The van der Waals surface area contributed by atoms with Gasteiger partial charge in [-0.05, 0) is 36.4 Å². The normalized spacial score (nSPS) is 17.2. The lowest BCUT2D eigenvalue weighted by atomic mass is 10.1. The number of carbonyl (C=O) groups excluding carboxylic acids is 1. The molecule has 0 bridgehead atoms. The van der Waals surface area contributed by atoms with Crippen LogP contribution in [0, 0.1) is 20.9 Å². The van der Waals surface area contributed by atoms with Crippen molar-refractivity contribution in [1.29, 1.82) is 10.8 Å². The lowest BCUT2D eigenvalue weighted by Crippen LogP contribution is -2.39. The summed E-state index contributed by atoms with van der Waals surface area (Å²) in [5, 5.41) is 29.6. The van der Waals surface area contributed by atoms with Gasteiger partial charge in [-0.2, -0.15) is 0 Å². The van der Waals surface area contributed by atoms with Gasteiger partial charge in [0.2, 0.25) is 5.91 Å². The molecule has 1 fully saturated rings. The van der Waals surface area contributed by atoms with E-state index in [1.54, 1.807) is 66.7 Å². The Balaban J connectivity index is 1.56. The van der Waals surface area contributed by atoms with Crippen molar-refractivity contribution in [3.63, 3.8) is 0 Å². The topological polar surface area (TPSA) is 184 Å². The average molecular weight is 502 g/mol. The fourth-order valence-corrected chi connectivity index (χ4v) is 4.32. The highest BCUT2D eigenvalue weighted by atomic mass is 16.6. The van der Waals surface area contributed by atoms with E-state index in [0.717, 1.165) is 0 Å². The first kappa shape index (κ1) is 25.3. The number of carbonyl (C=O) groups is 1. The average Bonchev–Trinajstić information content (AvgIpc) is 3.26. The predicted molar refractivity (Wildman–Crippen MR) is 140 cm³/mol. The zero-order valence-electron chi connectivity index (χ0n) is 19.9. The molecule has 11 nitrogen and oxygen atoms in total. The number of ether oxygens (including phenoxy) is 1. The number of amides is 1. The van der Waals surface area contributed by atoms with E-state index in [2.05, 4.69) is 5.32 Å². The molecule has 0 aromatic heterocycles. The second-order valence-electron chi connectivity index (χ2n) is 8.73. The van der Waals surface area contributed by atoms with Gasteiger partial charge in [0.05, 0.1) is 11.0 Å². The summed E-state index contributed by atoms with van der Waals surface area (Å²) in [5.74, 6) is 0.0861. The number of nitrogens with one attached hydrogen (secondary N) is 3. The number of hydrogen-bond donors (Lipinski definition) is 5. The highest BCUT2D eigenvalue weighted by Gasteiger charge is 2.39. The van der Waals surface area contributed by atoms with Crippen molar-refractivity contribution in [3.8, 4) is 5.75 Å². The molecule has 190 valence electrons. The van der Waals surface area contributed by atoms with E-state index in [-0.39, 0.29) is 35.9 Å². The Hall–Kier alpha value is -4.77. The number of benzene rings is 3. The SMILES string of the molecule is N=C(N)c1ccc(NC(=O)C2CC(Oc3cccc(C(=N)N)c3)CN2Cc2ccccc2[N+](=O)[O-])cc1. The van der Waals surface area contributed by atoms with Crippen molar-refractivity contribution in [1.82, 2.24) is 4.90 Å². The predicted octanol–water partition coefficient (Wildman–Crippen LogP) is 2.82. The lowest BCUT2D eigenvalue weighted by molar-refractivity contribution is -0.385. The van der Waals surface area contributed by atoms with Gasteiger partial charge in [-0.25, -0.2) is 0 Å². The highest BCUT2D eigenvalue weighted by Crippen LogP contribution is 2.29. The third-order valence-corrected chi connectivity index (χ3v) is 6.14. The minimum atomic E-state index is -0.617. The smallest absolute Gasteiger partial charge is 0.273 e. The molecule has 0 spiro atoms. The molecule has 3 aromatic carbocycles. The quantitative estimate of drug-likeness (QED) is 0.129.